The van der Waals surface area contributed by atoms with E-state index in [4.69, 9.17) is 13.6 Å². The highest BCUT2D eigenvalue weighted by molar-refractivity contribution is 6.74. The van der Waals surface area contributed by atoms with Gasteiger partial charge in [-0.3, -0.25) is 4.79 Å². The Balaban J connectivity index is 2.29. The second kappa shape index (κ2) is 15.1. The molecule has 0 radical (unpaired) electrons. The second-order valence-electron chi connectivity index (χ2n) is 15.4. The molecule has 1 aromatic carbocycles. The zero-order chi connectivity index (χ0) is 31.1. The number of methoxy groups -OCH3 is 1. The molecule has 0 bridgehead atoms. The van der Waals surface area contributed by atoms with Crippen molar-refractivity contribution in [1.29, 1.82) is 0 Å². The van der Waals surface area contributed by atoms with E-state index in [9.17, 15) is 9.90 Å². The Kier molecular flexibility index (Phi) is 13.4. The van der Waals surface area contributed by atoms with E-state index in [0.717, 1.165) is 56.9 Å². The van der Waals surface area contributed by atoms with E-state index in [2.05, 4.69) is 67.7 Å². The Bertz CT molecular complexity index is 919. The number of esters is 1. The molecule has 1 N–H and O–H groups in total. The van der Waals surface area contributed by atoms with Crippen molar-refractivity contribution >= 4 is 22.6 Å². The maximum absolute atomic E-state index is 11.5. The van der Waals surface area contributed by atoms with Crippen molar-refractivity contribution in [1.82, 2.24) is 0 Å². The van der Waals surface area contributed by atoms with E-state index in [0.29, 0.717) is 18.3 Å². The van der Waals surface area contributed by atoms with Gasteiger partial charge in [-0.05, 0) is 85.8 Å². The van der Waals surface area contributed by atoms with Gasteiger partial charge in [-0.2, -0.15) is 0 Å². The number of rotatable bonds is 15. The minimum absolute atomic E-state index is 0.119. The lowest BCUT2D eigenvalue weighted by molar-refractivity contribution is -0.140. The molecule has 3 unspecified atom stereocenters. The molecule has 1 fully saturated rings. The number of aliphatic hydroxyl groups is 1. The summed E-state index contributed by atoms with van der Waals surface area (Å²) in [6.45, 7) is 23.4. The van der Waals surface area contributed by atoms with E-state index in [1.54, 1.807) is 0 Å². The summed E-state index contributed by atoms with van der Waals surface area (Å²) in [5.74, 6) is 0.640. The molecule has 1 aliphatic carbocycles. The fraction of sp³-hybridized carbons (Fsp3) is 0.794. The molecule has 5 atom stereocenters. The summed E-state index contributed by atoms with van der Waals surface area (Å²) in [5, 5.41) is 11.4. The average molecular weight is 607 g/mol. The standard InChI is InChI=1S/C34H62O5Si2/c1-33(2,3)40(8,9)38-30-25-31(39-41(10,11)34(4,5)6)28(23-24-29(35)26-19-15-14-16-20-26)27(30)21-17-12-13-18-22-32(36)37-7/h14-16,19-20,27-31,35H,12-13,17-18,21-25H2,1-11H3/t27?,28?,29-,30-,31?/m0/s1. The summed E-state index contributed by atoms with van der Waals surface area (Å²) < 4.78 is 19.2. The second-order valence-corrected chi connectivity index (χ2v) is 24.9. The molecule has 1 saturated carbocycles. The Hall–Kier alpha value is -0.996. The molecule has 7 heteroatoms. The molecule has 0 saturated heterocycles. The number of ether oxygens (including phenoxy) is 1. The molecule has 1 aromatic rings. The zero-order valence-electron chi connectivity index (χ0n) is 28.2. The number of benzene rings is 1. The van der Waals surface area contributed by atoms with Crippen molar-refractivity contribution in [3.8, 4) is 0 Å². The van der Waals surface area contributed by atoms with Crippen LogP contribution in [0.2, 0.25) is 36.3 Å². The van der Waals surface area contributed by atoms with E-state index in [1.807, 2.05) is 30.3 Å². The number of hydrogen-bond donors (Lipinski definition) is 1. The molecule has 2 rings (SSSR count). The fourth-order valence-electron chi connectivity index (χ4n) is 5.61. The van der Waals surface area contributed by atoms with Crippen molar-refractivity contribution in [2.45, 2.75) is 154 Å². The molecule has 5 nitrogen and oxygen atoms in total. The van der Waals surface area contributed by atoms with Gasteiger partial charge < -0.3 is 18.7 Å². The number of aliphatic hydroxyl groups excluding tert-OH is 1. The summed E-state index contributed by atoms with van der Waals surface area (Å²) in [6, 6.07) is 10.1. The molecule has 0 heterocycles. The third-order valence-corrected chi connectivity index (χ3v) is 19.3. The van der Waals surface area contributed by atoms with Crippen LogP contribution in [0.4, 0.5) is 0 Å². The minimum atomic E-state index is -2.00. The summed E-state index contributed by atoms with van der Waals surface area (Å²) in [7, 11) is -2.53. The van der Waals surface area contributed by atoms with Gasteiger partial charge in [0.25, 0.3) is 0 Å². The van der Waals surface area contributed by atoms with Crippen molar-refractivity contribution in [3.63, 3.8) is 0 Å². The fourth-order valence-corrected chi connectivity index (χ4v) is 8.37. The Morgan fingerprint density at radius 3 is 1.80 bits per heavy atom. The van der Waals surface area contributed by atoms with Gasteiger partial charge in [0.15, 0.2) is 16.6 Å². The first-order valence-corrected chi connectivity index (χ1v) is 21.9. The number of carbonyl (C=O) groups is 1. The van der Waals surface area contributed by atoms with Gasteiger partial charge in [-0.25, -0.2) is 0 Å². The molecule has 0 spiro atoms. The predicted molar refractivity (Wildman–Crippen MR) is 176 cm³/mol. The monoisotopic (exact) mass is 606 g/mol. The van der Waals surface area contributed by atoms with Crippen LogP contribution in [0.25, 0.3) is 0 Å². The van der Waals surface area contributed by atoms with Gasteiger partial charge in [0.2, 0.25) is 0 Å². The lowest BCUT2D eigenvalue weighted by Crippen LogP contribution is -2.45. The van der Waals surface area contributed by atoms with Crippen LogP contribution in [0.15, 0.2) is 30.3 Å². The van der Waals surface area contributed by atoms with Crippen molar-refractivity contribution in [2.75, 3.05) is 7.11 Å². The van der Waals surface area contributed by atoms with Crippen LogP contribution in [0, 0.1) is 11.8 Å². The van der Waals surface area contributed by atoms with E-state index >= 15 is 0 Å². The van der Waals surface area contributed by atoms with Gasteiger partial charge in [0.1, 0.15) is 0 Å². The molecule has 0 aliphatic heterocycles. The van der Waals surface area contributed by atoms with E-state index in [1.165, 1.54) is 7.11 Å². The summed E-state index contributed by atoms with van der Waals surface area (Å²) in [5.41, 5.74) is 0.989. The molecule has 0 aromatic heterocycles. The highest BCUT2D eigenvalue weighted by Gasteiger charge is 2.51. The minimum Gasteiger partial charge on any atom is -0.469 e. The molecule has 41 heavy (non-hydrogen) atoms. The van der Waals surface area contributed by atoms with Gasteiger partial charge in [0, 0.05) is 6.42 Å². The van der Waals surface area contributed by atoms with Crippen molar-refractivity contribution < 1.29 is 23.5 Å². The molecule has 0 amide bonds. The smallest absolute Gasteiger partial charge is 0.305 e. The zero-order valence-corrected chi connectivity index (χ0v) is 30.2. The number of unbranched alkanes of at least 4 members (excludes halogenated alkanes) is 3. The third-order valence-electron chi connectivity index (χ3n) is 10.3. The van der Waals surface area contributed by atoms with Crippen molar-refractivity contribution in [3.05, 3.63) is 35.9 Å². The molecular weight excluding hydrogens is 545 g/mol. The van der Waals surface area contributed by atoms with Crippen LogP contribution in [0.5, 0.6) is 0 Å². The van der Waals surface area contributed by atoms with Gasteiger partial charge >= 0.3 is 5.97 Å². The first-order chi connectivity index (χ1) is 18.9. The number of hydrogen-bond acceptors (Lipinski definition) is 5. The third kappa shape index (κ3) is 10.6. The van der Waals surface area contributed by atoms with Gasteiger partial charge in [-0.1, -0.05) is 91.1 Å². The quantitative estimate of drug-likeness (QED) is 0.122. The van der Waals surface area contributed by atoms with Gasteiger partial charge in [-0.15, -0.1) is 0 Å². The van der Waals surface area contributed by atoms with Crippen LogP contribution in [-0.4, -0.2) is 47.0 Å². The lowest BCUT2D eigenvalue weighted by atomic mass is 9.84. The van der Waals surface area contributed by atoms with Crippen molar-refractivity contribution in [2.24, 2.45) is 11.8 Å². The summed E-state index contributed by atoms with van der Waals surface area (Å²) in [4.78, 5) is 11.5. The van der Waals surface area contributed by atoms with Crippen LogP contribution in [0.1, 0.15) is 111 Å². The van der Waals surface area contributed by atoms with Crippen LogP contribution < -0.4 is 0 Å². The molecule has 236 valence electrons. The van der Waals surface area contributed by atoms with Crippen LogP contribution >= 0.6 is 0 Å². The Morgan fingerprint density at radius 2 is 1.32 bits per heavy atom. The topological polar surface area (TPSA) is 65.0 Å². The summed E-state index contributed by atoms with van der Waals surface area (Å²) >= 11 is 0. The van der Waals surface area contributed by atoms with Crippen LogP contribution in [-0.2, 0) is 18.4 Å². The SMILES string of the molecule is COC(=O)CCCCCCC1C(CC[C@H](O)c2ccccc2)C(O[Si](C)(C)C(C)(C)C)C[C@@H]1O[Si](C)(C)C(C)(C)C. The molecule has 1 aliphatic rings. The number of carbonyl (C=O) groups excluding carboxylic acids is 1. The van der Waals surface area contributed by atoms with Crippen LogP contribution in [0.3, 0.4) is 0 Å². The normalized spacial score (nSPS) is 23.0. The first-order valence-electron chi connectivity index (χ1n) is 16.0. The highest BCUT2D eigenvalue weighted by atomic mass is 28.4. The largest absolute Gasteiger partial charge is 0.469 e. The lowest BCUT2D eigenvalue weighted by Gasteiger charge is -2.40. The highest BCUT2D eigenvalue weighted by Crippen LogP contribution is 2.49. The van der Waals surface area contributed by atoms with E-state index in [-0.39, 0.29) is 28.3 Å². The maximum Gasteiger partial charge on any atom is 0.305 e. The summed E-state index contributed by atoms with van der Waals surface area (Å²) in [6.07, 6.45) is 8.21. The van der Waals surface area contributed by atoms with E-state index < -0.39 is 22.7 Å². The average Bonchev–Trinajstić information content (AvgIpc) is 3.17. The van der Waals surface area contributed by atoms with Gasteiger partial charge in [0.05, 0.1) is 25.4 Å². The molecular formula is C34H62O5Si2. The first kappa shape index (κ1) is 36.2. The Morgan fingerprint density at radius 1 is 0.829 bits per heavy atom. The predicted octanol–water partition coefficient (Wildman–Crippen LogP) is 9.43. The Labute approximate surface area is 254 Å². The maximum atomic E-state index is 11.5.